The third kappa shape index (κ3) is 4.41. The maximum atomic E-state index is 12.4. The van der Waals surface area contributed by atoms with Crippen molar-refractivity contribution in [2.75, 3.05) is 6.54 Å². The molecule has 3 N–H and O–H groups in total. The summed E-state index contributed by atoms with van der Waals surface area (Å²) in [6.45, 7) is -2.74. The van der Waals surface area contributed by atoms with Gasteiger partial charge in [-0.25, -0.2) is 0 Å². The van der Waals surface area contributed by atoms with Crippen molar-refractivity contribution in [1.82, 2.24) is 0 Å². The van der Waals surface area contributed by atoms with Gasteiger partial charge in [0.05, 0.1) is 6.10 Å². The van der Waals surface area contributed by atoms with Crippen LogP contribution >= 0.6 is 0 Å². The van der Waals surface area contributed by atoms with Crippen molar-refractivity contribution in [3.8, 4) is 11.5 Å². The van der Waals surface area contributed by atoms with Crippen LogP contribution in [0.25, 0.3) is 0 Å². The van der Waals surface area contributed by atoms with Gasteiger partial charge in [0.1, 0.15) is 6.61 Å². The minimum atomic E-state index is -2.95. The predicted molar refractivity (Wildman–Crippen MR) is 77.9 cm³/mol. The largest absolute Gasteiger partial charge is 0.485 e. The summed E-state index contributed by atoms with van der Waals surface area (Å²) in [6.07, 6.45) is -0.889. The highest BCUT2D eigenvalue weighted by molar-refractivity contribution is 5.44. The van der Waals surface area contributed by atoms with E-state index in [9.17, 15) is 13.9 Å². The summed E-state index contributed by atoms with van der Waals surface area (Å²) in [4.78, 5) is 0. The molecule has 2 rings (SSSR count). The Bertz CT molecular complexity index is 593. The van der Waals surface area contributed by atoms with Crippen molar-refractivity contribution in [1.29, 1.82) is 0 Å². The van der Waals surface area contributed by atoms with Crippen LogP contribution in [0.2, 0.25) is 0 Å². The number of rotatable bonds is 7. The van der Waals surface area contributed by atoms with Crippen LogP contribution in [0.15, 0.2) is 48.5 Å². The van der Waals surface area contributed by atoms with Crippen molar-refractivity contribution < 1.29 is 23.4 Å². The molecule has 0 aliphatic heterocycles. The van der Waals surface area contributed by atoms with Gasteiger partial charge in [0, 0.05) is 6.54 Å². The zero-order chi connectivity index (χ0) is 15.9. The lowest BCUT2D eigenvalue weighted by atomic mass is 10.1. The van der Waals surface area contributed by atoms with Gasteiger partial charge in [0.15, 0.2) is 11.5 Å². The first-order chi connectivity index (χ1) is 10.6. The van der Waals surface area contributed by atoms with E-state index in [0.717, 1.165) is 5.56 Å². The molecule has 4 nitrogen and oxygen atoms in total. The molecule has 0 amide bonds. The summed E-state index contributed by atoms with van der Waals surface area (Å²) in [7, 11) is 0. The quantitative estimate of drug-likeness (QED) is 0.825. The Morgan fingerprint density at radius 2 is 1.77 bits per heavy atom. The van der Waals surface area contributed by atoms with Crippen LogP contribution in [0, 0.1) is 0 Å². The number of nitrogens with two attached hydrogens (primary N) is 1. The lowest BCUT2D eigenvalue weighted by Gasteiger charge is -2.15. The van der Waals surface area contributed by atoms with E-state index in [4.69, 9.17) is 10.5 Å². The van der Waals surface area contributed by atoms with Crippen LogP contribution < -0.4 is 15.2 Å². The van der Waals surface area contributed by atoms with Crippen LogP contribution in [0.4, 0.5) is 8.78 Å². The Balaban J connectivity index is 2.20. The molecule has 0 aromatic heterocycles. The first-order valence-electron chi connectivity index (χ1n) is 6.73. The summed E-state index contributed by atoms with van der Waals surface area (Å²) in [5.74, 6) is 0.0491. The molecule has 0 fully saturated rings. The molecule has 0 saturated heterocycles. The van der Waals surface area contributed by atoms with E-state index < -0.39 is 12.7 Å². The van der Waals surface area contributed by atoms with Gasteiger partial charge in [-0.1, -0.05) is 36.4 Å². The second-order valence-corrected chi connectivity index (χ2v) is 4.61. The maximum absolute atomic E-state index is 12.4. The van der Waals surface area contributed by atoms with Gasteiger partial charge >= 0.3 is 6.61 Å². The number of aliphatic hydroxyl groups is 1. The van der Waals surface area contributed by atoms with E-state index in [2.05, 4.69) is 4.74 Å². The minimum absolute atomic E-state index is 0.0210. The van der Waals surface area contributed by atoms with Gasteiger partial charge in [-0.05, 0) is 23.3 Å². The van der Waals surface area contributed by atoms with E-state index in [0.29, 0.717) is 5.56 Å². The first kappa shape index (κ1) is 16.2. The predicted octanol–water partition coefficient (Wildman–Crippen LogP) is 2.86. The number of aliphatic hydroxyl groups excluding tert-OH is 1. The molecule has 6 heteroatoms. The van der Waals surface area contributed by atoms with Crippen molar-refractivity contribution in [3.63, 3.8) is 0 Å². The molecule has 0 radical (unpaired) electrons. The van der Waals surface area contributed by atoms with Gasteiger partial charge in [-0.3, -0.25) is 0 Å². The second-order valence-electron chi connectivity index (χ2n) is 4.61. The van der Waals surface area contributed by atoms with E-state index >= 15 is 0 Å². The molecule has 0 aliphatic rings. The average Bonchev–Trinajstić information content (AvgIpc) is 2.53. The van der Waals surface area contributed by atoms with Crippen molar-refractivity contribution >= 4 is 0 Å². The Morgan fingerprint density at radius 1 is 1.05 bits per heavy atom. The molecular formula is C16H17F2NO3. The summed E-state index contributed by atoms with van der Waals surface area (Å²) >= 11 is 0. The number of ether oxygens (including phenoxy) is 2. The number of hydrogen-bond acceptors (Lipinski definition) is 4. The number of alkyl halides is 2. The minimum Gasteiger partial charge on any atom is -0.485 e. The summed E-state index contributed by atoms with van der Waals surface area (Å²) < 4.78 is 34.9. The van der Waals surface area contributed by atoms with Crippen LogP contribution in [0.3, 0.4) is 0 Å². The van der Waals surface area contributed by atoms with Crippen molar-refractivity contribution in [3.05, 3.63) is 59.7 Å². The standard InChI is InChI=1S/C16H17F2NO3/c17-16(18)22-14-7-6-12(13(20)9-19)8-15(14)21-10-11-4-2-1-3-5-11/h1-8,13,16,20H,9-10,19H2. The average molecular weight is 309 g/mol. The van der Waals surface area contributed by atoms with E-state index in [1.807, 2.05) is 30.3 Å². The van der Waals surface area contributed by atoms with Gasteiger partial charge in [0.25, 0.3) is 0 Å². The Kier molecular flexibility index (Phi) is 5.68. The zero-order valence-corrected chi connectivity index (χ0v) is 11.8. The number of benzene rings is 2. The molecule has 2 aromatic rings. The molecule has 22 heavy (non-hydrogen) atoms. The lowest BCUT2D eigenvalue weighted by molar-refractivity contribution is -0.0516. The smallest absolute Gasteiger partial charge is 0.387 e. The van der Waals surface area contributed by atoms with E-state index in [1.165, 1.54) is 18.2 Å². The third-order valence-electron chi connectivity index (χ3n) is 3.03. The fourth-order valence-corrected chi connectivity index (χ4v) is 1.91. The molecule has 0 bridgehead atoms. The molecule has 1 atom stereocenters. The van der Waals surface area contributed by atoms with Crippen LogP contribution in [0.1, 0.15) is 17.2 Å². The molecule has 0 spiro atoms. The van der Waals surface area contributed by atoms with E-state index in [1.54, 1.807) is 0 Å². The number of halogens is 2. The molecule has 0 heterocycles. The topological polar surface area (TPSA) is 64.7 Å². The summed E-state index contributed by atoms with van der Waals surface area (Å²) in [5, 5.41) is 9.74. The molecule has 0 aliphatic carbocycles. The summed E-state index contributed by atoms with van der Waals surface area (Å²) in [5.41, 5.74) is 6.76. The Labute approximate surface area is 127 Å². The monoisotopic (exact) mass is 309 g/mol. The van der Waals surface area contributed by atoms with Gasteiger partial charge in [-0.2, -0.15) is 8.78 Å². The molecule has 2 aromatic carbocycles. The lowest BCUT2D eigenvalue weighted by Crippen LogP contribution is -2.12. The van der Waals surface area contributed by atoms with Crippen LogP contribution in [0.5, 0.6) is 11.5 Å². The maximum Gasteiger partial charge on any atom is 0.387 e. The molecular weight excluding hydrogens is 292 g/mol. The highest BCUT2D eigenvalue weighted by Gasteiger charge is 2.14. The van der Waals surface area contributed by atoms with Gasteiger partial charge in [0.2, 0.25) is 0 Å². The third-order valence-corrected chi connectivity index (χ3v) is 3.03. The van der Waals surface area contributed by atoms with Gasteiger partial charge < -0.3 is 20.3 Å². The molecule has 1 unspecified atom stereocenters. The highest BCUT2D eigenvalue weighted by Crippen LogP contribution is 2.32. The fourth-order valence-electron chi connectivity index (χ4n) is 1.91. The van der Waals surface area contributed by atoms with Gasteiger partial charge in [-0.15, -0.1) is 0 Å². The summed E-state index contributed by atoms with van der Waals surface area (Å²) in [6, 6.07) is 13.5. The second kappa shape index (κ2) is 7.72. The fraction of sp³-hybridized carbons (Fsp3) is 0.250. The van der Waals surface area contributed by atoms with E-state index in [-0.39, 0.29) is 24.7 Å². The number of hydrogen-bond donors (Lipinski definition) is 2. The first-order valence-corrected chi connectivity index (χ1v) is 6.73. The van der Waals surface area contributed by atoms with Crippen molar-refractivity contribution in [2.24, 2.45) is 5.73 Å². The van der Waals surface area contributed by atoms with Crippen LogP contribution in [-0.4, -0.2) is 18.3 Å². The zero-order valence-electron chi connectivity index (χ0n) is 11.8. The SMILES string of the molecule is NCC(O)c1ccc(OC(F)F)c(OCc2ccccc2)c1. The normalized spacial score (nSPS) is 12.2. The molecule has 118 valence electrons. The molecule has 0 saturated carbocycles. The Morgan fingerprint density at radius 3 is 2.41 bits per heavy atom. The Hall–Kier alpha value is -2.18. The van der Waals surface area contributed by atoms with Crippen molar-refractivity contribution in [2.45, 2.75) is 19.3 Å². The van der Waals surface area contributed by atoms with Crippen LogP contribution in [-0.2, 0) is 6.61 Å². The highest BCUT2D eigenvalue weighted by atomic mass is 19.3.